The molecule has 0 spiro atoms. The van der Waals surface area contributed by atoms with Crippen LogP contribution in [0.4, 0.5) is 0 Å². The van der Waals surface area contributed by atoms with Crippen LogP contribution >= 0.6 is 28.3 Å². The highest BCUT2D eigenvalue weighted by Crippen LogP contribution is 2.16. The van der Waals surface area contributed by atoms with Crippen LogP contribution in [0.1, 0.15) is 30.7 Å². The van der Waals surface area contributed by atoms with Crippen LogP contribution in [0, 0.1) is 12.8 Å². The van der Waals surface area contributed by atoms with Crippen molar-refractivity contribution in [3.63, 3.8) is 0 Å². The fourth-order valence-corrected chi connectivity index (χ4v) is 3.03. The molecule has 1 aromatic rings. The van der Waals surface area contributed by atoms with Crippen LogP contribution in [0.3, 0.4) is 0 Å². The van der Waals surface area contributed by atoms with Gasteiger partial charge in [-0.1, -0.05) is 13.8 Å². The Balaban J connectivity index is 0.00000484. The molecule has 5 N–H and O–H groups in total. The molecule has 0 aliphatic rings. The van der Waals surface area contributed by atoms with Gasteiger partial charge in [0, 0.05) is 10.9 Å². The highest BCUT2D eigenvalue weighted by molar-refractivity contribution is 8.93. The van der Waals surface area contributed by atoms with Gasteiger partial charge in [0.1, 0.15) is 12.1 Å². The number of nitrogens with one attached hydrogen (secondary N) is 1. The first-order valence-electron chi connectivity index (χ1n) is 7.21. The van der Waals surface area contributed by atoms with Gasteiger partial charge in [0.15, 0.2) is 0 Å². The topological polar surface area (TPSA) is 113 Å². The van der Waals surface area contributed by atoms with E-state index in [4.69, 9.17) is 10.8 Å². The molecule has 132 valence electrons. The number of carboxylic acid groups (broad SMARTS) is 1. The second kappa shape index (κ2) is 10.0. The van der Waals surface area contributed by atoms with E-state index in [9.17, 15) is 14.7 Å². The van der Waals surface area contributed by atoms with E-state index >= 15 is 0 Å². The minimum Gasteiger partial charge on any atom is -0.480 e. The number of aliphatic hydroxyl groups is 1. The van der Waals surface area contributed by atoms with Gasteiger partial charge in [-0.25, -0.2) is 4.79 Å². The van der Waals surface area contributed by atoms with Crippen LogP contribution in [0.2, 0.25) is 0 Å². The van der Waals surface area contributed by atoms with Gasteiger partial charge >= 0.3 is 5.97 Å². The molecule has 1 heterocycles. The number of hydrogen-bond acceptors (Lipinski definition) is 5. The van der Waals surface area contributed by atoms with Gasteiger partial charge in [-0.15, -0.1) is 28.3 Å². The molecule has 0 fully saturated rings. The monoisotopic (exact) mass is 408 g/mol. The van der Waals surface area contributed by atoms with Gasteiger partial charge in [0.2, 0.25) is 0 Å². The van der Waals surface area contributed by atoms with Gasteiger partial charge in [-0.05, 0) is 42.7 Å². The molecule has 6 nitrogen and oxygen atoms in total. The number of halogens is 1. The number of thiophene rings is 1. The van der Waals surface area contributed by atoms with Crippen molar-refractivity contribution < 1.29 is 19.8 Å². The van der Waals surface area contributed by atoms with E-state index in [1.807, 2.05) is 32.2 Å². The quantitative estimate of drug-likeness (QED) is 0.520. The van der Waals surface area contributed by atoms with E-state index in [0.717, 1.165) is 10.4 Å². The molecule has 0 aliphatic heterocycles. The van der Waals surface area contributed by atoms with E-state index in [2.05, 4.69) is 5.32 Å². The average molecular weight is 409 g/mol. The Bertz CT molecular complexity index is 521. The molecule has 1 aromatic heterocycles. The van der Waals surface area contributed by atoms with Crippen molar-refractivity contribution in [2.45, 2.75) is 51.8 Å². The highest BCUT2D eigenvalue weighted by atomic mass is 79.9. The van der Waals surface area contributed by atoms with Gasteiger partial charge in [-0.3, -0.25) is 4.79 Å². The third-order valence-corrected chi connectivity index (χ3v) is 4.29. The molecule has 3 atom stereocenters. The fourth-order valence-electron chi connectivity index (χ4n) is 2.09. The SMILES string of the molecule is Br.Cc1csc(C[C@@H](N)[C@@H](O)C(=O)N[C@@H](CC(C)C)C(=O)O)c1. The zero-order valence-corrected chi connectivity index (χ0v) is 16.0. The molecule has 0 bridgehead atoms. The first-order chi connectivity index (χ1) is 10.2. The molecular weight excluding hydrogens is 384 g/mol. The van der Waals surface area contributed by atoms with Crippen molar-refractivity contribution >= 4 is 40.2 Å². The van der Waals surface area contributed by atoms with Crippen LogP contribution in [0.25, 0.3) is 0 Å². The Labute approximate surface area is 150 Å². The van der Waals surface area contributed by atoms with Crippen molar-refractivity contribution in [1.29, 1.82) is 0 Å². The summed E-state index contributed by atoms with van der Waals surface area (Å²) in [6.07, 6.45) is -0.765. The Morgan fingerprint density at radius 2 is 2.00 bits per heavy atom. The van der Waals surface area contributed by atoms with Gasteiger partial charge in [-0.2, -0.15) is 0 Å². The summed E-state index contributed by atoms with van der Waals surface area (Å²) in [5, 5.41) is 23.4. The van der Waals surface area contributed by atoms with E-state index in [1.165, 1.54) is 11.3 Å². The first-order valence-corrected chi connectivity index (χ1v) is 8.09. The van der Waals surface area contributed by atoms with Crippen LogP contribution in [0.15, 0.2) is 11.4 Å². The van der Waals surface area contributed by atoms with Gasteiger partial charge < -0.3 is 21.3 Å². The number of carbonyl (C=O) groups is 2. The zero-order valence-electron chi connectivity index (χ0n) is 13.5. The smallest absolute Gasteiger partial charge is 0.326 e. The normalized spacial score (nSPS) is 14.7. The lowest BCUT2D eigenvalue weighted by molar-refractivity contribution is -0.144. The minimum absolute atomic E-state index is 0. The van der Waals surface area contributed by atoms with Gasteiger partial charge in [0.05, 0.1) is 0 Å². The predicted octanol–water partition coefficient (Wildman–Crippen LogP) is 1.48. The highest BCUT2D eigenvalue weighted by Gasteiger charge is 2.28. The molecule has 1 amide bonds. The van der Waals surface area contributed by atoms with Crippen molar-refractivity contribution in [1.82, 2.24) is 5.32 Å². The molecule has 0 saturated heterocycles. The van der Waals surface area contributed by atoms with E-state index in [1.54, 1.807) is 0 Å². The van der Waals surface area contributed by atoms with E-state index in [0.29, 0.717) is 12.8 Å². The third-order valence-electron chi connectivity index (χ3n) is 3.22. The van der Waals surface area contributed by atoms with Crippen LogP contribution < -0.4 is 11.1 Å². The summed E-state index contributed by atoms with van der Waals surface area (Å²) in [4.78, 5) is 24.1. The number of aliphatic carboxylic acids is 1. The summed E-state index contributed by atoms with van der Waals surface area (Å²) in [6, 6.07) is 0.165. The Hall–Kier alpha value is -0.960. The third kappa shape index (κ3) is 7.43. The molecular formula is C15H25BrN2O4S. The minimum atomic E-state index is -1.43. The lowest BCUT2D eigenvalue weighted by Gasteiger charge is -2.21. The summed E-state index contributed by atoms with van der Waals surface area (Å²) >= 11 is 1.52. The van der Waals surface area contributed by atoms with Crippen LogP contribution in [-0.2, 0) is 16.0 Å². The summed E-state index contributed by atoms with van der Waals surface area (Å²) in [7, 11) is 0. The molecule has 0 aromatic carbocycles. The maximum atomic E-state index is 12.0. The summed E-state index contributed by atoms with van der Waals surface area (Å²) in [5.41, 5.74) is 6.97. The Morgan fingerprint density at radius 3 is 2.43 bits per heavy atom. The molecule has 0 radical (unpaired) electrons. The van der Waals surface area contributed by atoms with Crippen molar-refractivity contribution in [3.8, 4) is 0 Å². The van der Waals surface area contributed by atoms with Crippen LogP contribution in [-0.4, -0.2) is 40.3 Å². The van der Waals surface area contributed by atoms with Gasteiger partial charge in [0.25, 0.3) is 5.91 Å². The second-order valence-corrected chi connectivity index (χ2v) is 6.93. The van der Waals surface area contributed by atoms with Crippen molar-refractivity contribution in [2.75, 3.05) is 0 Å². The lowest BCUT2D eigenvalue weighted by atomic mass is 10.0. The molecule has 0 aliphatic carbocycles. The molecule has 8 heteroatoms. The molecule has 0 saturated carbocycles. The maximum absolute atomic E-state index is 12.0. The van der Waals surface area contributed by atoms with Crippen LogP contribution in [0.5, 0.6) is 0 Å². The van der Waals surface area contributed by atoms with E-state index in [-0.39, 0.29) is 22.9 Å². The standard InChI is InChI=1S/C15H24N2O4S.BrH/c1-8(2)4-12(15(20)21)17-14(19)13(18)11(16)6-10-5-9(3)7-22-10;/h5,7-8,11-13,18H,4,6,16H2,1-3H3,(H,17,19)(H,20,21);1H/t11-,12+,13-;/m1./s1. The number of carbonyl (C=O) groups excluding carboxylic acids is 1. The molecule has 23 heavy (non-hydrogen) atoms. The first kappa shape index (κ1) is 22.0. The Kier molecular flexibility index (Phi) is 9.60. The molecule has 0 unspecified atom stereocenters. The average Bonchev–Trinajstić information content (AvgIpc) is 2.81. The summed E-state index contributed by atoms with van der Waals surface area (Å²) in [6.45, 7) is 5.69. The number of hydrogen-bond donors (Lipinski definition) is 4. The lowest BCUT2D eigenvalue weighted by Crippen LogP contribution is -2.52. The predicted molar refractivity (Wildman–Crippen MR) is 96.1 cm³/mol. The molecule has 1 rings (SSSR count). The number of amides is 1. The Morgan fingerprint density at radius 1 is 1.39 bits per heavy atom. The number of aliphatic hydroxyl groups excluding tert-OH is 1. The fraction of sp³-hybridized carbons (Fsp3) is 0.600. The van der Waals surface area contributed by atoms with Crippen molar-refractivity contribution in [3.05, 3.63) is 21.9 Å². The number of aryl methyl sites for hydroxylation is 1. The zero-order chi connectivity index (χ0) is 16.9. The van der Waals surface area contributed by atoms with E-state index < -0.39 is 30.1 Å². The van der Waals surface area contributed by atoms with Crippen molar-refractivity contribution in [2.24, 2.45) is 11.7 Å². The number of carboxylic acids is 1. The summed E-state index contributed by atoms with van der Waals surface area (Å²) < 4.78 is 0. The second-order valence-electron chi connectivity index (χ2n) is 5.93. The maximum Gasteiger partial charge on any atom is 0.326 e. The number of rotatable bonds is 8. The largest absolute Gasteiger partial charge is 0.480 e. The summed E-state index contributed by atoms with van der Waals surface area (Å²) in [5.74, 6) is -1.74. The number of nitrogens with two attached hydrogens (primary N) is 1.